The lowest BCUT2D eigenvalue weighted by Crippen LogP contribution is -2.36. The molecule has 16 heavy (non-hydrogen) atoms. The van der Waals surface area contributed by atoms with Crippen LogP contribution in [0.4, 0.5) is 0 Å². The van der Waals surface area contributed by atoms with Crippen molar-refractivity contribution in [3.8, 4) is 0 Å². The van der Waals surface area contributed by atoms with Crippen molar-refractivity contribution < 1.29 is 15.0 Å². The Balaban J connectivity index is 2.36. The summed E-state index contributed by atoms with van der Waals surface area (Å²) in [4.78, 5) is 14.7. The molecule has 6 nitrogen and oxygen atoms in total. The summed E-state index contributed by atoms with van der Waals surface area (Å²) in [5.74, 6) is -1.26. The maximum absolute atomic E-state index is 10.6. The number of aromatic nitrogens is 2. The maximum atomic E-state index is 10.6. The molecule has 2 aromatic heterocycles. The van der Waals surface area contributed by atoms with E-state index in [1.165, 1.54) is 0 Å². The molecule has 2 atom stereocenters. The number of aliphatic hydroxyl groups excluding tert-OH is 1. The average Bonchev–Trinajstić information content (AvgIpc) is 2.70. The van der Waals surface area contributed by atoms with Gasteiger partial charge in [0.25, 0.3) is 0 Å². The van der Waals surface area contributed by atoms with Gasteiger partial charge in [-0.3, -0.25) is 4.79 Å². The smallest absolute Gasteiger partial charge is 0.323 e. The summed E-state index contributed by atoms with van der Waals surface area (Å²) in [6.07, 6.45) is 2.01. The van der Waals surface area contributed by atoms with Crippen molar-refractivity contribution in [2.75, 3.05) is 0 Å². The number of hydrogen-bond donors (Lipinski definition) is 3. The lowest BCUT2D eigenvalue weighted by molar-refractivity contribution is -0.141. The Morgan fingerprint density at radius 3 is 2.88 bits per heavy atom. The Hall–Kier alpha value is -1.92. The molecule has 2 aromatic rings. The third-order valence-electron chi connectivity index (χ3n) is 2.31. The number of hydrogen-bond acceptors (Lipinski definition) is 4. The van der Waals surface area contributed by atoms with Crippen LogP contribution in [0.15, 0.2) is 30.6 Å². The van der Waals surface area contributed by atoms with Crippen LogP contribution in [0.5, 0.6) is 0 Å². The van der Waals surface area contributed by atoms with E-state index in [0.717, 1.165) is 0 Å². The van der Waals surface area contributed by atoms with Gasteiger partial charge in [0.1, 0.15) is 17.8 Å². The van der Waals surface area contributed by atoms with Crippen molar-refractivity contribution in [3.63, 3.8) is 0 Å². The van der Waals surface area contributed by atoms with Gasteiger partial charge < -0.3 is 20.3 Å². The van der Waals surface area contributed by atoms with Crippen molar-refractivity contribution in [1.82, 2.24) is 9.38 Å². The van der Waals surface area contributed by atoms with E-state index in [4.69, 9.17) is 10.8 Å². The van der Waals surface area contributed by atoms with Crippen LogP contribution in [-0.4, -0.2) is 31.6 Å². The average molecular weight is 221 g/mol. The van der Waals surface area contributed by atoms with Crippen LogP contribution in [0.3, 0.4) is 0 Å². The summed E-state index contributed by atoms with van der Waals surface area (Å²) in [7, 11) is 0. The number of nitrogens with two attached hydrogens (primary N) is 1. The third kappa shape index (κ3) is 1.75. The molecule has 4 N–H and O–H groups in total. The highest BCUT2D eigenvalue weighted by molar-refractivity contribution is 5.74. The van der Waals surface area contributed by atoms with E-state index >= 15 is 0 Å². The molecule has 0 aromatic carbocycles. The van der Waals surface area contributed by atoms with E-state index in [1.54, 1.807) is 28.9 Å². The van der Waals surface area contributed by atoms with Gasteiger partial charge >= 0.3 is 5.97 Å². The van der Waals surface area contributed by atoms with Crippen LogP contribution >= 0.6 is 0 Å². The second-order valence-corrected chi connectivity index (χ2v) is 3.44. The van der Waals surface area contributed by atoms with Crippen molar-refractivity contribution in [2.45, 2.75) is 12.1 Å². The molecule has 0 aliphatic carbocycles. The van der Waals surface area contributed by atoms with Gasteiger partial charge in [-0.25, -0.2) is 4.98 Å². The maximum Gasteiger partial charge on any atom is 0.323 e. The van der Waals surface area contributed by atoms with Gasteiger partial charge in [0.15, 0.2) is 0 Å². The summed E-state index contributed by atoms with van der Waals surface area (Å²) >= 11 is 0. The first-order chi connectivity index (χ1) is 7.59. The topological polar surface area (TPSA) is 101 Å². The van der Waals surface area contributed by atoms with Gasteiger partial charge in [-0.05, 0) is 12.1 Å². The molecule has 0 amide bonds. The summed E-state index contributed by atoms with van der Waals surface area (Å²) in [6, 6.07) is 3.99. The molecule has 0 spiro atoms. The first-order valence-corrected chi connectivity index (χ1v) is 4.69. The SMILES string of the molecule is NC(C(=O)O)C(O)c1cn2ccccc2n1. The molecule has 6 heteroatoms. The third-order valence-corrected chi connectivity index (χ3v) is 2.31. The minimum atomic E-state index is -1.37. The summed E-state index contributed by atoms with van der Waals surface area (Å²) in [5, 5.41) is 18.3. The van der Waals surface area contributed by atoms with E-state index in [0.29, 0.717) is 5.65 Å². The van der Waals surface area contributed by atoms with Crippen LogP contribution in [0.2, 0.25) is 0 Å². The standard InChI is InChI=1S/C10H11N3O3/c11-8(10(15)16)9(14)6-5-13-4-2-1-3-7(13)12-6/h1-5,8-9,14H,11H2,(H,15,16). The number of carboxylic acids is 1. The highest BCUT2D eigenvalue weighted by Gasteiger charge is 2.25. The largest absolute Gasteiger partial charge is 0.480 e. The van der Waals surface area contributed by atoms with Crippen LogP contribution in [0.1, 0.15) is 11.8 Å². The van der Waals surface area contributed by atoms with Crippen molar-refractivity contribution in [1.29, 1.82) is 0 Å². The highest BCUT2D eigenvalue weighted by atomic mass is 16.4. The van der Waals surface area contributed by atoms with E-state index in [1.807, 2.05) is 6.07 Å². The zero-order chi connectivity index (χ0) is 11.7. The van der Waals surface area contributed by atoms with E-state index in [2.05, 4.69) is 4.98 Å². The van der Waals surface area contributed by atoms with E-state index in [9.17, 15) is 9.90 Å². The fourth-order valence-electron chi connectivity index (χ4n) is 1.42. The molecule has 84 valence electrons. The molecule has 2 rings (SSSR count). The van der Waals surface area contributed by atoms with Crippen LogP contribution in [0.25, 0.3) is 5.65 Å². The zero-order valence-corrected chi connectivity index (χ0v) is 8.32. The molecule has 2 heterocycles. The van der Waals surface area contributed by atoms with E-state index in [-0.39, 0.29) is 5.69 Å². The minimum absolute atomic E-state index is 0.251. The van der Waals surface area contributed by atoms with Gasteiger partial charge in [0.2, 0.25) is 0 Å². The summed E-state index contributed by atoms with van der Waals surface area (Å²) < 4.78 is 1.69. The number of fused-ring (bicyclic) bond motifs is 1. The van der Waals surface area contributed by atoms with E-state index < -0.39 is 18.1 Å². The fraction of sp³-hybridized carbons (Fsp3) is 0.200. The Bertz CT molecular complexity index is 490. The van der Waals surface area contributed by atoms with Gasteiger partial charge in [-0.15, -0.1) is 0 Å². The number of carboxylic acid groups (broad SMARTS) is 1. The lowest BCUT2D eigenvalue weighted by Gasteiger charge is -2.11. The Morgan fingerprint density at radius 2 is 2.25 bits per heavy atom. The van der Waals surface area contributed by atoms with Gasteiger partial charge in [-0.1, -0.05) is 6.07 Å². The zero-order valence-electron chi connectivity index (χ0n) is 8.32. The number of aliphatic carboxylic acids is 1. The number of imidazole rings is 1. The predicted molar refractivity (Wildman–Crippen MR) is 55.8 cm³/mol. The van der Waals surface area contributed by atoms with Crippen LogP contribution < -0.4 is 5.73 Å². The molecule has 0 saturated heterocycles. The summed E-state index contributed by atoms with van der Waals surface area (Å²) in [6.45, 7) is 0. The van der Waals surface area contributed by atoms with Crippen molar-refractivity contribution in [3.05, 3.63) is 36.3 Å². The summed E-state index contributed by atoms with van der Waals surface area (Å²) in [5.41, 5.74) is 6.20. The molecule has 0 aliphatic heterocycles. The monoisotopic (exact) mass is 221 g/mol. The first kappa shape index (κ1) is 10.6. The molecule has 0 fully saturated rings. The lowest BCUT2D eigenvalue weighted by atomic mass is 10.1. The van der Waals surface area contributed by atoms with Gasteiger partial charge in [-0.2, -0.15) is 0 Å². The van der Waals surface area contributed by atoms with Gasteiger partial charge in [0.05, 0.1) is 5.69 Å². The van der Waals surface area contributed by atoms with Gasteiger partial charge in [0, 0.05) is 12.4 Å². The van der Waals surface area contributed by atoms with Crippen molar-refractivity contribution >= 4 is 11.6 Å². The second kappa shape index (κ2) is 3.92. The Kier molecular flexibility index (Phi) is 2.59. The Morgan fingerprint density at radius 1 is 1.50 bits per heavy atom. The first-order valence-electron chi connectivity index (χ1n) is 4.69. The normalized spacial score (nSPS) is 14.9. The molecule has 0 radical (unpaired) electrons. The molecule has 0 saturated carbocycles. The highest BCUT2D eigenvalue weighted by Crippen LogP contribution is 2.15. The van der Waals surface area contributed by atoms with Crippen LogP contribution in [0, 0.1) is 0 Å². The number of rotatable bonds is 3. The molecular formula is C10H11N3O3. The Labute approximate surface area is 91.0 Å². The molecule has 2 unspecified atom stereocenters. The molecule has 0 bridgehead atoms. The fourth-order valence-corrected chi connectivity index (χ4v) is 1.42. The quantitative estimate of drug-likeness (QED) is 0.665. The predicted octanol–water partition coefficient (Wildman–Crippen LogP) is -0.220. The number of nitrogens with zero attached hydrogens (tertiary/aromatic N) is 2. The number of aliphatic hydroxyl groups is 1. The van der Waals surface area contributed by atoms with Crippen molar-refractivity contribution in [2.24, 2.45) is 5.73 Å². The second-order valence-electron chi connectivity index (χ2n) is 3.44. The number of pyridine rings is 1. The van der Waals surface area contributed by atoms with Crippen LogP contribution in [-0.2, 0) is 4.79 Å². The molecule has 0 aliphatic rings. The number of carbonyl (C=O) groups is 1. The minimum Gasteiger partial charge on any atom is -0.480 e. The molecular weight excluding hydrogens is 210 g/mol.